The summed E-state index contributed by atoms with van der Waals surface area (Å²) < 4.78 is 0. The fourth-order valence-corrected chi connectivity index (χ4v) is 9.39. The van der Waals surface area contributed by atoms with E-state index in [4.69, 9.17) is 0 Å². The first-order valence-electron chi connectivity index (χ1n) is 23.2. The number of fused-ring (bicyclic) bond motifs is 2. The highest BCUT2D eigenvalue weighted by atomic mass is 14.3. The lowest BCUT2D eigenvalue weighted by Crippen LogP contribution is -2.01. The number of allylic oxidation sites excluding steroid dienone is 23. The van der Waals surface area contributed by atoms with E-state index < -0.39 is 0 Å². The molecule has 0 fully saturated rings. The van der Waals surface area contributed by atoms with Crippen molar-refractivity contribution >= 4 is 32.7 Å². The molecule has 0 N–H and O–H groups in total. The summed E-state index contributed by atoms with van der Waals surface area (Å²) in [5.74, 6) is 0.705. The SMILES string of the molecule is C=C.C=C\C(=C/C=C(/C1=C/C=C\C=C(C)CC1)C(C)C)c1c2ccccc2c(C2=C/C(C)C/C=C(C3=C(C)CC/C=C\C=C/3)/C=C\2)c2cc(-c3ccccc3)c(-c3ccccc3)cc12. The van der Waals surface area contributed by atoms with Crippen molar-refractivity contribution < 1.29 is 0 Å². The molecule has 1 unspecified atom stereocenters. The highest BCUT2D eigenvalue weighted by Crippen LogP contribution is 2.46. The maximum absolute atomic E-state index is 4.51. The van der Waals surface area contributed by atoms with E-state index in [0.29, 0.717) is 11.8 Å². The monoisotopic (exact) mass is 833 g/mol. The summed E-state index contributed by atoms with van der Waals surface area (Å²) in [5.41, 5.74) is 18.0. The third-order valence-electron chi connectivity index (χ3n) is 12.7. The van der Waals surface area contributed by atoms with Gasteiger partial charge in [0.15, 0.2) is 0 Å². The molecule has 320 valence electrons. The summed E-state index contributed by atoms with van der Waals surface area (Å²) in [7, 11) is 0. The summed E-state index contributed by atoms with van der Waals surface area (Å²) in [6, 6.07) is 35.9. The van der Waals surface area contributed by atoms with E-state index in [1.807, 2.05) is 0 Å². The third-order valence-corrected chi connectivity index (χ3v) is 12.7. The Bertz CT molecular complexity index is 2860. The van der Waals surface area contributed by atoms with Gasteiger partial charge < -0.3 is 0 Å². The number of hydrogen-bond donors (Lipinski definition) is 0. The maximum Gasteiger partial charge on any atom is -0.00264 e. The Morgan fingerprint density at radius 3 is 1.98 bits per heavy atom. The van der Waals surface area contributed by atoms with E-state index in [-0.39, 0.29) is 0 Å². The standard InChI is InChI=1S/C62H60.C2H4/c1-7-47(38-39-53(43(2)3)50-28-19-18-22-44(4)32-34-50)61-55-30-20-21-31-56(55)62(52-37-36-51(35-33-45(5)40-52)54-29-17-9-8-12-23-46(54)6)60-42-58(49-26-15-11-16-27-49)57(41-59(60)61)48-24-13-10-14-25-48;1-2/h7-11,13-22,24-31,35-43,45H,1,12,23,32-34H2,2-6H3;1-2H2/b9-8-,19-18-,29-17-,37-36-,44-22?,47-38+,50-28+,51-35-,52-40+,53-39+,54-46?;. The minimum absolute atomic E-state index is 0.342. The lowest BCUT2D eigenvalue weighted by atomic mass is 9.81. The Morgan fingerprint density at radius 1 is 0.656 bits per heavy atom. The molecule has 0 saturated heterocycles. The van der Waals surface area contributed by atoms with Crippen molar-refractivity contribution in [2.75, 3.05) is 0 Å². The van der Waals surface area contributed by atoms with Gasteiger partial charge in [-0.15, -0.1) is 13.2 Å². The van der Waals surface area contributed by atoms with Gasteiger partial charge >= 0.3 is 0 Å². The van der Waals surface area contributed by atoms with E-state index in [2.05, 4.69) is 243 Å². The highest BCUT2D eigenvalue weighted by Gasteiger charge is 2.22. The summed E-state index contributed by atoms with van der Waals surface area (Å²) in [6.45, 7) is 22.0. The Morgan fingerprint density at radius 2 is 1.30 bits per heavy atom. The Labute approximate surface area is 384 Å². The summed E-state index contributed by atoms with van der Waals surface area (Å²) in [5, 5.41) is 4.95. The van der Waals surface area contributed by atoms with Crippen LogP contribution in [0.25, 0.3) is 54.9 Å². The topological polar surface area (TPSA) is 0 Å². The first kappa shape index (κ1) is 45.3. The van der Waals surface area contributed by atoms with Gasteiger partial charge in [0.1, 0.15) is 0 Å². The van der Waals surface area contributed by atoms with Crippen molar-refractivity contribution in [1.82, 2.24) is 0 Å². The van der Waals surface area contributed by atoms with Crippen molar-refractivity contribution in [3.05, 3.63) is 253 Å². The van der Waals surface area contributed by atoms with Crippen LogP contribution in [0.3, 0.4) is 0 Å². The molecule has 64 heavy (non-hydrogen) atoms. The second kappa shape index (κ2) is 21.5. The molecule has 0 radical (unpaired) electrons. The zero-order chi connectivity index (χ0) is 45.0. The Balaban J connectivity index is 0.00000302. The Kier molecular flexibility index (Phi) is 15.2. The second-order valence-corrected chi connectivity index (χ2v) is 17.5. The van der Waals surface area contributed by atoms with Gasteiger partial charge in [0.2, 0.25) is 0 Å². The molecule has 3 aliphatic carbocycles. The van der Waals surface area contributed by atoms with Crippen molar-refractivity contribution in [3.63, 3.8) is 0 Å². The average Bonchev–Trinajstić information content (AvgIpc) is 3.30. The summed E-state index contributed by atoms with van der Waals surface area (Å²) in [6.07, 6.45) is 39.6. The molecule has 0 spiro atoms. The molecular weight excluding hydrogens is 769 g/mol. The van der Waals surface area contributed by atoms with Crippen LogP contribution < -0.4 is 0 Å². The normalized spacial score (nSPS) is 21.7. The van der Waals surface area contributed by atoms with E-state index in [1.54, 1.807) is 0 Å². The van der Waals surface area contributed by atoms with Crippen LogP contribution in [0.4, 0.5) is 0 Å². The molecule has 0 bridgehead atoms. The number of hydrogen-bond acceptors (Lipinski definition) is 0. The molecule has 8 rings (SSSR count). The Hall–Kier alpha value is -6.76. The van der Waals surface area contributed by atoms with Crippen molar-refractivity contribution in [3.8, 4) is 22.3 Å². The maximum atomic E-state index is 4.51. The lowest BCUT2D eigenvalue weighted by molar-refractivity contribution is 0.743. The average molecular weight is 833 g/mol. The number of rotatable bonds is 9. The molecular formula is C64H64. The lowest BCUT2D eigenvalue weighted by Gasteiger charge is -2.23. The first-order valence-corrected chi connectivity index (χ1v) is 23.2. The van der Waals surface area contributed by atoms with Crippen LogP contribution in [0.15, 0.2) is 241 Å². The van der Waals surface area contributed by atoms with Crippen molar-refractivity contribution in [1.29, 1.82) is 0 Å². The molecule has 0 amide bonds. The summed E-state index contributed by atoms with van der Waals surface area (Å²) in [4.78, 5) is 0. The van der Waals surface area contributed by atoms with Gasteiger partial charge in [-0.25, -0.2) is 0 Å². The van der Waals surface area contributed by atoms with Crippen molar-refractivity contribution in [2.24, 2.45) is 11.8 Å². The van der Waals surface area contributed by atoms with E-state index >= 15 is 0 Å². The highest BCUT2D eigenvalue weighted by molar-refractivity contribution is 6.19. The van der Waals surface area contributed by atoms with E-state index in [9.17, 15) is 0 Å². The van der Waals surface area contributed by atoms with Gasteiger partial charge in [-0.1, -0.05) is 215 Å². The molecule has 5 aromatic carbocycles. The van der Waals surface area contributed by atoms with Crippen LogP contribution in [-0.4, -0.2) is 0 Å². The molecule has 3 aliphatic rings. The van der Waals surface area contributed by atoms with Crippen LogP contribution in [-0.2, 0) is 0 Å². The van der Waals surface area contributed by atoms with Gasteiger partial charge in [-0.2, -0.15) is 0 Å². The molecule has 1 atom stereocenters. The van der Waals surface area contributed by atoms with Crippen LogP contribution in [0, 0.1) is 11.8 Å². The van der Waals surface area contributed by atoms with Gasteiger partial charge in [0.05, 0.1) is 0 Å². The zero-order valence-corrected chi connectivity index (χ0v) is 38.7. The molecule has 0 saturated carbocycles. The first-order chi connectivity index (χ1) is 31.3. The van der Waals surface area contributed by atoms with Crippen LogP contribution in [0.5, 0.6) is 0 Å². The molecule has 5 aromatic rings. The van der Waals surface area contributed by atoms with Gasteiger partial charge in [-0.3, -0.25) is 0 Å². The molecule has 0 heterocycles. The molecule has 0 aromatic heterocycles. The van der Waals surface area contributed by atoms with Gasteiger partial charge in [0, 0.05) is 0 Å². The molecule has 0 nitrogen and oxygen atoms in total. The zero-order valence-electron chi connectivity index (χ0n) is 38.7. The quantitative estimate of drug-likeness (QED) is 0.0788. The predicted molar refractivity (Wildman–Crippen MR) is 284 cm³/mol. The van der Waals surface area contributed by atoms with E-state index in [1.165, 1.54) is 93.9 Å². The van der Waals surface area contributed by atoms with Gasteiger partial charge in [0.25, 0.3) is 0 Å². The largest absolute Gasteiger partial charge is 0.106 e. The van der Waals surface area contributed by atoms with E-state index in [0.717, 1.165) is 37.7 Å². The smallest absolute Gasteiger partial charge is 0.00264 e. The van der Waals surface area contributed by atoms with Crippen LogP contribution in [0.2, 0.25) is 0 Å². The van der Waals surface area contributed by atoms with Crippen LogP contribution >= 0.6 is 0 Å². The minimum atomic E-state index is 0.342. The van der Waals surface area contributed by atoms with Crippen molar-refractivity contribution in [2.45, 2.75) is 66.7 Å². The fraction of sp³-hybridized carbons (Fsp3) is 0.188. The fourth-order valence-electron chi connectivity index (χ4n) is 9.39. The minimum Gasteiger partial charge on any atom is -0.106 e. The molecule has 0 aliphatic heterocycles. The number of benzene rings is 5. The molecule has 0 heteroatoms. The van der Waals surface area contributed by atoms with Crippen LogP contribution in [0.1, 0.15) is 77.8 Å². The predicted octanol–water partition coefficient (Wildman–Crippen LogP) is 18.6. The second-order valence-electron chi connectivity index (χ2n) is 17.5. The summed E-state index contributed by atoms with van der Waals surface area (Å²) >= 11 is 0. The van der Waals surface area contributed by atoms with Gasteiger partial charge in [-0.05, 0) is 158 Å². The third kappa shape index (κ3) is 10.2.